The summed E-state index contributed by atoms with van der Waals surface area (Å²) in [6, 6.07) is 5.73. The van der Waals surface area contributed by atoms with Crippen LogP contribution in [0.2, 0.25) is 0 Å². The molecule has 0 saturated carbocycles. The van der Waals surface area contributed by atoms with Crippen molar-refractivity contribution in [2.75, 3.05) is 18.5 Å². The molecule has 132 valence electrons. The molecular formula is C18H21FN4O2. The Balaban J connectivity index is 1.71. The van der Waals surface area contributed by atoms with Gasteiger partial charge in [0.2, 0.25) is 0 Å². The minimum absolute atomic E-state index is 0.104. The van der Waals surface area contributed by atoms with Crippen LogP contribution in [0, 0.1) is 19.7 Å². The molecule has 2 aromatic rings. The second-order valence-corrected chi connectivity index (χ2v) is 6.14. The number of nitrogens with one attached hydrogen (secondary N) is 2. The number of rotatable bonds is 4. The monoisotopic (exact) mass is 344 g/mol. The highest BCUT2D eigenvalue weighted by Crippen LogP contribution is 2.16. The van der Waals surface area contributed by atoms with Crippen LogP contribution >= 0.6 is 0 Å². The minimum atomic E-state index is -0.348. The molecule has 25 heavy (non-hydrogen) atoms. The smallest absolute Gasteiger partial charge is 0.251 e. The van der Waals surface area contributed by atoms with Gasteiger partial charge in [0, 0.05) is 18.4 Å². The molecule has 1 amide bonds. The van der Waals surface area contributed by atoms with Crippen molar-refractivity contribution < 1.29 is 13.9 Å². The lowest BCUT2D eigenvalue weighted by molar-refractivity contribution is 0.0619. The fourth-order valence-electron chi connectivity index (χ4n) is 2.91. The fraction of sp³-hybridized carbons (Fsp3) is 0.389. The zero-order valence-electron chi connectivity index (χ0n) is 14.3. The first-order valence-corrected chi connectivity index (χ1v) is 8.24. The lowest BCUT2D eigenvalue weighted by atomic mass is 10.0. The predicted molar refractivity (Wildman–Crippen MR) is 92.0 cm³/mol. The third-order valence-corrected chi connectivity index (χ3v) is 4.22. The predicted octanol–water partition coefficient (Wildman–Crippen LogP) is 2.23. The molecule has 6 nitrogen and oxygen atoms in total. The van der Waals surface area contributed by atoms with Crippen LogP contribution in [0.3, 0.4) is 0 Å². The van der Waals surface area contributed by atoms with Gasteiger partial charge in [-0.25, -0.2) is 14.4 Å². The molecule has 2 heterocycles. The fourth-order valence-corrected chi connectivity index (χ4v) is 2.91. The van der Waals surface area contributed by atoms with E-state index in [1.807, 2.05) is 6.92 Å². The van der Waals surface area contributed by atoms with Crippen molar-refractivity contribution >= 4 is 11.7 Å². The number of benzene rings is 1. The number of nitrogens with zero attached hydrogens (tertiary/aromatic N) is 2. The Bertz CT molecular complexity index is 768. The summed E-state index contributed by atoms with van der Waals surface area (Å²) >= 11 is 0. The molecule has 1 fully saturated rings. The van der Waals surface area contributed by atoms with E-state index in [9.17, 15) is 9.18 Å². The van der Waals surface area contributed by atoms with Crippen LogP contribution in [0.15, 0.2) is 30.5 Å². The van der Waals surface area contributed by atoms with E-state index in [2.05, 4.69) is 20.6 Å². The topological polar surface area (TPSA) is 76.1 Å². The number of carbonyl (C=O) groups excluding carboxylic acids is 1. The molecular weight excluding hydrogens is 323 g/mol. The summed E-state index contributed by atoms with van der Waals surface area (Å²) in [5, 5.41) is 6.33. The van der Waals surface area contributed by atoms with E-state index in [1.165, 1.54) is 18.2 Å². The molecule has 1 aromatic heterocycles. The summed E-state index contributed by atoms with van der Waals surface area (Å²) in [7, 11) is 0. The van der Waals surface area contributed by atoms with Crippen molar-refractivity contribution in [3.8, 4) is 0 Å². The van der Waals surface area contributed by atoms with Gasteiger partial charge in [-0.1, -0.05) is 0 Å². The number of anilines is 1. The number of aryl methyl sites for hydroxylation is 2. The quantitative estimate of drug-likeness (QED) is 0.889. The van der Waals surface area contributed by atoms with E-state index in [0.717, 1.165) is 0 Å². The van der Waals surface area contributed by atoms with Gasteiger partial charge in [0.15, 0.2) is 0 Å². The summed E-state index contributed by atoms with van der Waals surface area (Å²) < 4.78 is 18.8. The van der Waals surface area contributed by atoms with Crippen molar-refractivity contribution in [2.45, 2.75) is 32.4 Å². The summed E-state index contributed by atoms with van der Waals surface area (Å²) in [6.45, 7) is 4.59. The number of halogens is 1. The van der Waals surface area contributed by atoms with Gasteiger partial charge in [-0.15, -0.1) is 0 Å². The maximum Gasteiger partial charge on any atom is 0.251 e. The van der Waals surface area contributed by atoms with Gasteiger partial charge in [-0.3, -0.25) is 4.79 Å². The Morgan fingerprint density at radius 2 is 2.12 bits per heavy atom. The maximum absolute atomic E-state index is 13.2. The average molecular weight is 344 g/mol. The lowest BCUT2D eigenvalue weighted by Crippen LogP contribution is -2.52. The number of amides is 1. The molecule has 0 unspecified atom stereocenters. The van der Waals surface area contributed by atoms with Gasteiger partial charge >= 0.3 is 0 Å². The number of hydrogen-bond acceptors (Lipinski definition) is 5. The van der Waals surface area contributed by atoms with Crippen LogP contribution in [0.5, 0.6) is 0 Å². The molecule has 3 rings (SSSR count). The van der Waals surface area contributed by atoms with Gasteiger partial charge in [-0.2, -0.15) is 0 Å². The second-order valence-electron chi connectivity index (χ2n) is 6.14. The Morgan fingerprint density at radius 1 is 1.28 bits per heavy atom. The van der Waals surface area contributed by atoms with E-state index in [0.29, 0.717) is 42.4 Å². The van der Waals surface area contributed by atoms with Crippen LogP contribution in [-0.4, -0.2) is 41.2 Å². The number of carbonyl (C=O) groups is 1. The first-order valence-electron chi connectivity index (χ1n) is 8.24. The summed E-state index contributed by atoms with van der Waals surface area (Å²) in [4.78, 5) is 21.0. The van der Waals surface area contributed by atoms with E-state index >= 15 is 0 Å². The van der Waals surface area contributed by atoms with E-state index in [-0.39, 0.29) is 23.8 Å². The van der Waals surface area contributed by atoms with Gasteiger partial charge in [-0.05, 0) is 50.1 Å². The largest absolute Gasteiger partial charge is 0.379 e. The lowest BCUT2D eigenvalue weighted by Gasteiger charge is -2.33. The molecule has 1 aliphatic heterocycles. The Labute approximate surface area is 145 Å². The second kappa shape index (κ2) is 7.57. The highest BCUT2D eigenvalue weighted by molar-refractivity contribution is 5.95. The highest BCUT2D eigenvalue weighted by atomic mass is 19.1. The van der Waals surface area contributed by atoms with Gasteiger partial charge in [0.05, 0.1) is 18.7 Å². The van der Waals surface area contributed by atoms with Crippen molar-refractivity contribution in [3.63, 3.8) is 0 Å². The highest BCUT2D eigenvalue weighted by Gasteiger charge is 2.28. The van der Waals surface area contributed by atoms with E-state index < -0.39 is 0 Å². The van der Waals surface area contributed by atoms with Gasteiger partial charge < -0.3 is 15.4 Å². The Morgan fingerprint density at radius 3 is 2.88 bits per heavy atom. The minimum Gasteiger partial charge on any atom is -0.379 e. The zero-order chi connectivity index (χ0) is 17.8. The number of ether oxygens (including phenoxy) is 1. The van der Waals surface area contributed by atoms with Crippen LogP contribution in [0.25, 0.3) is 0 Å². The molecule has 2 atom stereocenters. The van der Waals surface area contributed by atoms with Gasteiger partial charge in [0.1, 0.15) is 17.5 Å². The maximum atomic E-state index is 13.2. The molecule has 7 heteroatoms. The molecule has 1 aliphatic rings. The van der Waals surface area contributed by atoms with Crippen molar-refractivity contribution in [1.29, 1.82) is 0 Å². The molecule has 0 radical (unpaired) electrons. The van der Waals surface area contributed by atoms with Crippen LogP contribution in [0.1, 0.15) is 28.2 Å². The first kappa shape index (κ1) is 17.3. The van der Waals surface area contributed by atoms with Crippen molar-refractivity contribution in [2.24, 2.45) is 0 Å². The summed E-state index contributed by atoms with van der Waals surface area (Å²) in [5.74, 6) is 0.804. The van der Waals surface area contributed by atoms with E-state index in [4.69, 9.17) is 4.74 Å². The number of hydrogen-bond donors (Lipinski definition) is 2. The normalized spacial score (nSPS) is 20.1. The summed E-state index contributed by atoms with van der Waals surface area (Å²) in [6.07, 6.45) is 2.37. The standard InChI is InChI=1S/C18H21FN4O2/c1-11-9-13(19)3-4-14(11)18(24)23-15-6-8-25-10-16(15)22-17-5-7-20-12(2)21-17/h3-5,7,9,15-16H,6,8,10H2,1-2H3,(H,23,24)(H,20,21,22)/t15-,16+/m0/s1. The first-order chi connectivity index (χ1) is 12.0. The van der Waals surface area contributed by atoms with Crippen molar-refractivity contribution in [1.82, 2.24) is 15.3 Å². The van der Waals surface area contributed by atoms with Gasteiger partial charge in [0.25, 0.3) is 5.91 Å². The molecule has 0 spiro atoms. The van der Waals surface area contributed by atoms with Crippen LogP contribution < -0.4 is 10.6 Å². The molecule has 1 saturated heterocycles. The average Bonchev–Trinajstić information content (AvgIpc) is 2.56. The Kier molecular flexibility index (Phi) is 5.23. The SMILES string of the molecule is Cc1nccc(N[C@@H]2COCC[C@@H]2NC(=O)c2ccc(F)cc2C)n1. The molecule has 0 bridgehead atoms. The summed E-state index contributed by atoms with van der Waals surface area (Å²) in [5.41, 5.74) is 1.09. The Hall–Kier alpha value is -2.54. The molecule has 0 aliphatic carbocycles. The number of aromatic nitrogens is 2. The third-order valence-electron chi connectivity index (χ3n) is 4.22. The van der Waals surface area contributed by atoms with E-state index in [1.54, 1.807) is 19.2 Å². The van der Waals surface area contributed by atoms with Crippen molar-refractivity contribution in [3.05, 3.63) is 53.2 Å². The molecule has 1 aromatic carbocycles. The molecule has 2 N–H and O–H groups in total. The van der Waals surface area contributed by atoms with Crippen LogP contribution in [-0.2, 0) is 4.74 Å². The zero-order valence-corrected chi connectivity index (χ0v) is 14.3. The van der Waals surface area contributed by atoms with Crippen LogP contribution in [0.4, 0.5) is 10.2 Å². The third kappa shape index (κ3) is 4.30.